The second-order valence-electron chi connectivity index (χ2n) is 2.64. The van der Waals surface area contributed by atoms with Crippen molar-refractivity contribution < 1.29 is 48.3 Å². The molecule has 0 atom stereocenters. The molecule has 0 heterocycles. The summed E-state index contributed by atoms with van der Waals surface area (Å²) in [5.41, 5.74) is -1.79. The Balaban J connectivity index is 0.00000225. The molecule has 1 rings (SSSR count). The van der Waals surface area contributed by atoms with E-state index >= 15 is 0 Å². The summed E-state index contributed by atoms with van der Waals surface area (Å²) >= 11 is 0. The second-order valence-corrected chi connectivity index (χ2v) is 2.64. The second kappa shape index (κ2) is 5.34. The van der Waals surface area contributed by atoms with Crippen molar-refractivity contribution in [1.29, 1.82) is 0 Å². The zero-order valence-electron chi connectivity index (χ0n) is 7.75. The van der Waals surface area contributed by atoms with Crippen LogP contribution in [0.1, 0.15) is 31.1 Å². The predicted octanol–water partition coefficient (Wildman–Crippen LogP) is 0.779. The van der Waals surface area contributed by atoms with E-state index in [9.17, 15) is 14.4 Å². The molecule has 0 aromatic heterocycles. The SMILES string of the molecule is O=C(O)c1cccc(C(=O)O)c1C(=O)O.[V+3]. The minimum Gasteiger partial charge on any atom is -0.478 e. The van der Waals surface area contributed by atoms with Gasteiger partial charge < -0.3 is 15.3 Å². The average Bonchev–Trinajstić information content (AvgIpc) is 2.16. The van der Waals surface area contributed by atoms with E-state index < -0.39 is 34.6 Å². The van der Waals surface area contributed by atoms with Crippen LogP contribution in [0.4, 0.5) is 0 Å². The largest absolute Gasteiger partial charge is 3.00 e. The van der Waals surface area contributed by atoms with Gasteiger partial charge in [0.15, 0.2) is 0 Å². The third-order valence-electron chi connectivity index (χ3n) is 1.74. The van der Waals surface area contributed by atoms with Gasteiger partial charge in [0, 0.05) is 0 Å². The first-order valence-electron chi connectivity index (χ1n) is 3.78. The number of aromatic carboxylic acids is 3. The van der Waals surface area contributed by atoms with Crippen LogP contribution in [0.5, 0.6) is 0 Å². The number of carboxylic acids is 3. The molecule has 1 aromatic carbocycles. The molecule has 0 spiro atoms. The van der Waals surface area contributed by atoms with Gasteiger partial charge in [-0.3, -0.25) is 0 Å². The number of carbonyl (C=O) groups is 3. The van der Waals surface area contributed by atoms with E-state index in [1.165, 1.54) is 6.07 Å². The van der Waals surface area contributed by atoms with Crippen LogP contribution < -0.4 is 0 Å². The van der Waals surface area contributed by atoms with Gasteiger partial charge in [-0.2, -0.15) is 0 Å². The Bertz CT molecular complexity index is 421. The maximum atomic E-state index is 10.7. The fraction of sp³-hybridized carbons (Fsp3) is 0. The van der Waals surface area contributed by atoms with Crippen molar-refractivity contribution in [3.8, 4) is 0 Å². The van der Waals surface area contributed by atoms with Crippen LogP contribution in [0, 0.1) is 0 Å². The number of rotatable bonds is 3. The summed E-state index contributed by atoms with van der Waals surface area (Å²) in [5, 5.41) is 26.0. The van der Waals surface area contributed by atoms with E-state index in [1.54, 1.807) is 0 Å². The molecular formula is C9H6O6V+3. The fourth-order valence-corrected chi connectivity index (χ4v) is 1.14. The average molecular weight is 261 g/mol. The summed E-state index contributed by atoms with van der Waals surface area (Å²) in [6, 6.07) is 3.26. The van der Waals surface area contributed by atoms with Crippen LogP contribution in [-0.2, 0) is 18.6 Å². The molecule has 0 radical (unpaired) electrons. The minimum absolute atomic E-state index is 0. The van der Waals surface area contributed by atoms with Crippen molar-refractivity contribution in [3.63, 3.8) is 0 Å². The summed E-state index contributed by atoms with van der Waals surface area (Å²) in [6.45, 7) is 0. The molecule has 0 saturated heterocycles. The molecular weight excluding hydrogens is 255 g/mol. The van der Waals surface area contributed by atoms with Crippen LogP contribution in [-0.4, -0.2) is 33.2 Å². The van der Waals surface area contributed by atoms with Crippen LogP contribution in [0.25, 0.3) is 0 Å². The summed E-state index contributed by atoms with van der Waals surface area (Å²) in [7, 11) is 0. The quantitative estimate of drug-likeness (QED) is 0.741. The van der Waals surface area contributed by atoms with Gasteiger partial charge in [0.25, 0.3) is 0 Å². The third kappa shape index (κ3) is 2.62. The standard InChI is InChI=1S/C9H6O6.V/c10-7(11)4-2-1-3-5(8(12)13)6(4)9(14)15;/h1-3H,(H,10,11)(H,12,13)(H,14,15);/q;+3. The van der Waals surface area contributed by atoms with E-state index in [0.29, 0.717) is 0 Å². The van der Waals surface area contributed by atoms with Gasteiger partial charge >= 0.3 is 36.5 Å². The van der Waals surface area contributed by atoms with Crippen LogP contribution in [0.2, 0.25) is 0 Å². The topological polar surface area (TPSA) is 112 Å². The molecule has 0 amide bonds. The van der Waals surface area contributed by atoms with Crippen molar-refractivity contribution in [2.75, 3.05) is 0 Å². The Morgan fingerprint density at radius 3 is 1.44 bits per heavy atom. The van der Waals surface area contributed by atoms with E-state index in [1.807, 2.05) is 0 Å². The smallest absolute Gasteiger partial charge is 0.478 e. The Morgan fingerprint density at radius 2 is 1.19 bits per heavy atom. The molecule has 16 heavy (non-hydrogen) atoms. The molecule has 0 saturated carbocycles. The van der Waals surface area contributed by atoms with Crippen LogP contribution in [0.3, 0.4) is 0 Å². The first-order chi connectivity index (χ1) is 6.95. The molecule has 0 unspecified atom stereocenters. The molecule has 1 aromatic rings. The Morgan fingerprint density at radius 1 is 0.812 bits per heavy atom. The molecule has 7 heteroatoms. The monoisotopic (exact) mass is 261 g/mol. The van der Waals surface area contributed by atoms with Gasteiger partial charge in [0.1, 0.15) is 0 Å². The number of carboxylic acid groups (broad SMARTS) is 3. The van der Waals surface area contributed by atoms with Gasteiger partial charge in [0.05, 0.1) is 16.7 Å². The molecule has 0 bridgehead atoms. The molecule has 0 fully saturated rings. The Labute approximate surface area is 101 Å². The van der Waals surface area contributed by atoms with E-state index in [4.69, 9.17) is 15.3 Å². The maximum Gasteiger partial charge on any atom is 3.00 e. The first kappa shape index (κ1) is 14.2. The third-order valence-corrected chi connectivity index (χ3v) is 1.74. The zero-order chi connectivity index (χ0) is 11.6. The minimum atomic E-state index is -1.58. The van der Waals surface area contributed by atoms with Crippen molar-refractivity contribution in [2.45, 2.75) is 0 Å². The van der Waals surface area contributed by atoms with Gasteiger partial charge in [-0.05, 0) is 12.1 Å². The van der Waals surface area contributed by atoms with Gasteiger partial charge in [0.2, 0.25) is 0 Å². The van der Waals surface area contributed by atoms with Crippen molar-refractivity contribution >= 4 is 17.9 Å². The van der Waals surface area contributed by atoms with E-state index in [0.717, 1.165) is 12.1 Å². The summed E-state index contributed by atoms with van der Waals surface area (Å²) in [6.07, 6.45) is 0. The molecule has 3 N–H and O–H groups in total. The van der Waals surface area contributed by atoms with Gasteiger partial charge in [-0.1, -0.05) is 6.07 Å². The van der Waals surface area contributed by atoms with Gasteiger partial charge in [-0.25, -0.2) is 14.4 Å². The summed E-state index contributed by atoms with van der Waals surface area (Å²) in [5.74, 6) is -4.53. The Hall–Kier alpha value is -1.79. The summed E-state index contributed by atoms with van der Waals surface area (Å²) < 4.78 is 0. The zero-order valence-corrected chi connectivity index (χ0v) is 9.14. The van der Waals surface area contributed by atoms with Crippen LogP contribution >= 0.6 is 0 Å². The van der Waals surface area contributed by atoms with E-state index in [-0.39, 0.29) is 18.6 Å². The van der Waals surface area contributed by atoms with Crippen molar-refractivity contribution in [2.24, 2.45) is 0 Å². The molecule has 0 aliphatic heterocycles. The van der Waals surface area contributed by atoms with Crippen molar-refractivity contribution in [3.05, 3.63) is 34.9 Å². The molecule has 0 aliphatic carbocycles. The molecule has 6 nitrogen and oxygen atoms in total. The molecule has 80 valence electrons. The molecule has 0 aliphatic rings. The van der Waals surface area contributed by atoms with E-state index in [2.05, 4.69) is 0 Å². The maximum absolute atomic E-state index is 10.7. The fourth-order valence-electron chi connectivity index (χ4n) is 1.14. The Kier molecular flexibility index (Phi) is 4.74. The number of benzene rings is 1. The number of hydrogen-bond acceptors (Lipinski definition) is 3. The van der Waals surface area contributed by atoms with Crippen LogP contribution in [0.15, 0.2) is 18.2 Å². The first-order valence-corrected chi connectivity index (χ1v) is 3.78. The van der Waals surface area contributed by atoms with Crippen molar-refractivity contribution in [1.82, 2.24) is 0 Å². The summed E-state index contributed by atoms with van der Waals surface area (Å²) in [4.78, 5) is 32.0. The normalized spacial score (nSPS) is 9.00. The van der Waals surface area contributed by atoms with Gasteiger partial charge in [-0.15, -0.1) is 0 Å². The number of hydrogen-bond donors (Lipinski definition) is 3. The predicted molar refractivity (Wildman–Crippen MR) is 47.3 cm³/mol.